The molecule has 0 aliphatic carbocycles. The number of hydrazine groups is 1. The number of aryl methyl sites for hydroxylation is 1. The fourth-order valence-electron chi connectivity index (χ4n) is 3.01. The van der Waals surface area contributed by atoms with Crippen LogP contribution >= 0.6 is 0 Å². The highest BCUT2D eigenvalue weighted by molar-refractivity contribution is 6.07. The lowest BCUT2D eigenvalue weighted by atomic mass is 10.1. The van der Waals surface area contributed by atoms with Crippen LogP contribution in [0.5, 0.6) is 5.75 Å². The van der Waals surface area contributed by atoms with E-state index in [0.29, 0.717) is 33.7 Å². The van der Waals surface area contributed by atoms with Gasteiger partial charge in [0.15, 0.2) is 12.4 Å². The number of carbonyl (C=O) groups is 2. The summed E-state index contributed by atoms with van der Waals surface area (Å²) in [7, 11) is 0. The molecule has 2 N–H and O–H groups in total. The number of pyridine rings is 1. The fraction of sp³-hybridized carbons (Fsp3) is 0.0870. The molecule has 150 valence electrons. The van der Waals surface area contributed by atoms with Crippen LogP contribution < -0.4 is 15.6 Å². The summed E-state index contributed by atoms with van der Waals surface area (Å²) in [5.41, 5.74) is 7.28. The van der Waals surface area contributed by atoms with E-state index in [9.17, 15) is 9.59 Å². The first-order valence-corrected chi connectivity index (χ1v) is 9.33. The van der Waals surface area contributed by atoms with Crippen LogP contribution in [0, 0.1) is 6.92 Å². The highest BCUT2D eigenvalue weighted by Gasteiger charge is 2.16. The van der Waals surface area contributed by atoms with Gasteiger partial charge in [0.05, 0.1) is 17.3 Å². The number of hydrogen-bond donors (Lipinski definition) is 2. The SMILES string of the molecule is Cc1ccccc1OCC(=O)NNC(=O)c1cc(-c2ccco2)nc2ccccc12. The molecule has 0 atom stereocenters. The monoisotopic (exact) mass is 401 g/mol. The van der Waals surface area contributed by atoms with Gasteiger partial charge in [-0.25, -0.2) is 4.98 Å². The largest absolute Gasteiger partial charge is 0.483 e. The fourth-order valence-corrected chi connectivity index (χ4v) is 3.01. The Morgan fingerprint density at radius 3 is 2.60 bits per heavy atom. The third kappa shape index (κ3) is 4.15. The normalized spacial score (nSPS) is 10.6. The maximum atomic E-state index is 12.8. The standard InChI is InChI=1S/C23H19N3O4/c1-15-7-2-5-10-20(15)30-14-22(27)25-26-23(28)17-13-19(21-11-6-12-29-21)24-18-9-4-3-8-16(17)18/h2-13H,14H2,1H3,(H,25,27)(H,26,28). The van der Waals surface area contributed by atoms with Crippen molar-refractivity contribution in [2.75, 3.05) is 6.61 Å². The topological polar surface area (TPSA) is 93.5 Å². The van der Waals surface area contributed by atoms with Gasteiger partial charge in [0, 0.05) is 5.39 Å². The van der Waals surface area contributed by atoms with Gasteiger partial charge < -0.3 is 9.15 Å². The van der Waals surface area contributed by atoms with E-state index in [4.69, 9.17) is 9.15 Å². The minimum absolute atomic E-state index is 0.222. The summed E-state index contributed by atoms with van der Waals surface area (Å²) in [6, 6.07) is 19.8. The number of hydrogen-bond acceptors (Lipinski definition) is 5. The molecule has 2 aromatic carbocycles. The molecule has 0 bridgehead atoms. The van der Waals surface area contributed by atoms with E-state index >= 15 is 0 Å². The Balaban J connectivity index is 1.48. The van der Waals surface area contributed by atoms with Crippen molar-refractivity contribution < 1.29 is 18.7 Å². The zero-order valence-electron chi connectivity index (χ0n) is 16.2. The first-order chi connectivity index (χ1) is 14.6. The second-order valence-corrected chi connectivity index (χ2v) is 6.61. The molecule has 4 aromatic rings. The van der Waals surface area contributed by atoms with Crippen molar-refractivity contribution >= 4 is 22.7 Å². The van der Waals surface area contributed by atoms with Gasteiger partial charge in [0.1, 0.15) is 11.4 Å². The number of ether oxygens (including phenoxy) is 1. The molecule has 7 nitrogen and oxygen atoms in total. The Hall–Kier alpha value is -4.13. The molecule has 30 heavy (non-hydrogen) atoms. The van der Waals surface area contributed by atoms with Crippen molar-refractivity contribution in [1.82, 2.24) is 15.8 Å². The van der Waals surface area contributed by atoms with E-state index < -0.39 is 11.8 Å². The summed E-state index contributed by atoms with van der Waals surface area (Å²) in [5.74, 6) is 0.217. The first kappa shape index (κ1) is 19.2. The molecule has 0 saturated carbocycles. The van der Waals surface area contributed by atoms with Crippen LogP contribution in [0.2, 0.25) is 0 Å². The van der Waals surface area contributed by atoms with Crippen molar-refractivity contribution in [3.8, 4) is 17.2 Å². The summed E-state index contributed by atoms with van der Waals surface area (Å²) in [5, 5.41) is 0.663. The summed E-state index contributed by atoms with van der Waals surface area (Å²) >= 11 is 0. The number of amides is 2. The van der Waals surface area contributed by atoms with E-state index in [1.165, 1.54) is 0 Å². The van der Waals surface area contributed by atoms with Gasteiger partial charge in [-0.05, 0) is 42.8 Å². The molecule has 0 aliphatic rings. The van der Waals surface area contributed by atoms with Crippen LogP contribution in [0.15, 0.2) is 77.4 Å². The van der Waals surface area contributed by atoms with Crippen molar-refractivity contribution in [3.05, 3.63) is 84.1 Å². The summed E-state index contributed by atoms with van der Waals surface area (Å²) in [4.78, 5) is 29.4. The molecule has 2 heterocycles. The summed E-state index contributed by atoms with van der Waals surface area (Å²) in [6.45, 7) is 1.67. The van der Waals surface area contributed by atoms with Crippen LogP contribution in [0.1, 0.15) is 15.9 Å². The molecule has 2 aromatic heterocycles. The van der Waals surface area contributed by atoms with Crippen molar-refractivity contribution in [2.45, 2.75) is 6.92 Å². The average molecular weight is 401 g/mol. The summed E-state index contributed by atoms with van der Waals surface area (Å²) < 4.78 is 10.9. The molecule has 4 rings (SSSR count). The maximum Gasteiger partial charge on any atom is 0.276 e. The van der Waals surface area contributed by atoms with Crippen LogP contribution in [-0.2, 0) is 4.79 Å². The lowest BCUT2D eigenvalue weighted by molar-refractivity contribution is -0.123. The van der Waals surface area contributed by atoms with E-state index in [2.05, 4.69) is 15.8 Å². The molecule has 0 radical (unpaired) electrons. The molecule has 7 heteroatoms. The minimum atomic E-state index is -0.476. The number of rotatable bonds is 5. The number of nitrogens with zero attached hydrogens (tertiary/aromatic N) is 1. The number of carbonyl (C=O) groups excluding carboxylic acids is 2. The lowest BCUT2D eigenvalue weighted by Gasteiger charge is -2.12. The zero-order chi connectivity index (χ0) is 20.9. The average Bonchev–Trinajstić information content (AvgIpc) is 3.31. The van der Waals surface area contributed by atoms with Crippen LogP contribution in [0.3, 0.4) is 0 Å². The van der Waals surface area contributed by atoms with Gasteiger partial charge in [-0.15, -0.1) is 0 Å². The van der Waals surface area contributed by atoms with E-state index in [1.807, 2.05) is 43.3 Å². The highest BCUT2D eigenvalue weighted by Crippen LogP contribution is 2.25. The van der Waals surface area contributed by atoms with Crippen LogP contribution in [-0.4, -0.2) is 23.4 Å². The van der Waals surface area contributed by atoms with Gasteiger partial charge in [-0.3, -0.25) is 20.4 Å². The molecule has 0 fully saturated rings. The zero-order valence-corrected chi connectivity index (χ0v) is 16.2. The summed E-state index contributed by atoms with van der Waals surface area (Å²) in [6.07, 6.45) is 1.54. The minimum Gasteiger partial charge on any atom is -0.483 e. The number of aromatic nitrogens is 1. The predicted octanol–water partition coefficient (Wildman–Crippen LogP) is 3.64. The highest BCUT2D eigenvalue weighted by atomic mass is 16.5. The van der Waals surface area contributed by atoms with Crippen LogP contribution in [0.4, 0.5) is 0 Å². The predicted molar refractivity (Wildman–Crippen MR) is 112 cm³/mol. The Kier molecular flexibility index (Phi) is 5.43. The van der Waals surface area contributed by atoms with Crippen molar-refractivity contribution in [3.63, 3.8) is 0 Å². The third-order valence-electron chi connectivity index (χ3n) is 4.50. The third-order valence-corrected chi connectivity index (χ3v) is 4.50. The lowest BCUT2D eigenvalue weighted by Crippen LogP contribution is -2.44. The number of furan rings is 1. The smallest absolute Gasteiger partial charge is 0.276 e. The van der Waals surface area contributed by atoms with Gasteiger partial charge in [0.25, 0.3) is 11.8 Å². The molecule has 0 saturated heterocycles. The molecular formula is C23H19N3O4. The molecule has 2 amide bonds. The van der Waals surface area contributed by atoms with Gasteiger partial charge in [-0.2, -0.15) is 0 Å². The quantitative estimate of drug-likeness (QED) is 0.498. The number of nitrogens with one attached hydrogen (secondary N) is 2. The first-order valence-electron chi connectivity index (χ1n) is 9.33. The van der Waals surface area contributed by atoms with E-state index in [-0.39, 0.29) is 6.61 Å². The second-order valence-electron chi connectivity index (χ2n) is 6.61. The van der Waals surface area contributed by atoms with E-state index in [1.54, 1.807) is 36.6 Å². The van der Waals surface area contributed by atoms with Gasteiger partial charge in [-0.1, -0.05) is 36.4 Å². The molecule has 0 unspecified atom stereocenters. The molecular weight excluding hydrogens is 382 g/mol. The van der Waals surface area contributed by atoms with Crippen LogP contribution in [0.25, 0.3) is 22.4 Å². The Morgan fingerprint density at radius 2 is 1.80 bits per heavy atom. The Bertz CT molecular complexity index is 1200. The van der Waals surface area contributed by atoms with Crippen molar-refractivity contribution in [2.24, 2.45) is 0 Å². The van der Waals surface area contributed by atoms with E-state index in [0.717, 1.165) is 5.56 Å². The Morgan fingerprint density at radius 1 is 1.00 bits per heavy atom. The molecule has 0 spiro atoms. The van der Waals surface area contributed by atoms with Crippen molar-refractivity contribution in [1.29, 1.82) is 0 Å². The Labute approximate surface area is 172 Å². The second kappa shape index (κ2) is 8.48. The number of para-hydroxylation sites is 2. The number of benzene rings is 2. The van der Waals surface area contributed by atoms with Gasteiger partial charge >= 0.3 is 0 Å². The maximum absolute atomic E-state index is 12.8. The number of fused-ring (bicyclic) bond motifs is 1. The van der Waals surface area contributed by atoms with Gasteiger partial charge in [0.2, 0.25) is 0 Å². The molecule has 0 aliphatic heterocycles.